The van der Waals surface area contributed by atoms with Crippen LogP contribution >= 0.6 is 0 Å². The molecule has 2 saturated carbocycles. The molecule has 1 saturated heterocycles. The van der Waals surface area contributed by atoms with Gasteiger partial charge in [-0.15, -0.1) is 0 Å². The molecule has 1 heterocycles. The summed E-state index contributed by atoms with van der Waals surface area (Å²) in [5.41, 5.74) is 0.549. The van der Waals surface area contributed by atoms with Gasteiger partial charge in [-0.25, -0.2) is 4.39 Å². The summed E-state index contributed by atoms with van der Waals surface area (Å²) in [7, 11) is 1.57. The molecule has 5 atom stereocenters. The van der Waals surface area contributed by atoms with Gasteiger partial charge in [0.25, 0.3) is 0 Å². The zero-order valence-electron chi connectivity index (χ0n) is 16.7. The van der Waals surface area contributed by atoms with Gasteiger partial charge in [0, 0.05) is 19.1 Å². The Morgan fingerprint density at radius 3 is 2.89 bits per heavy atom. The third-order valence-corrected chi connectivity index (χ3v) is 7.65. The highest BCUT2D eigenvalue weighted by Gasteiger charge is 2.68. The SMILES string of the molecule is CCC(=O)N[C@@H]1C(C)(C)[C@@H]2C[C@@H]3[C@@H](c4c(F)cccc4OC)OCC[C@@]31C2. The van der Waals surface area contributed by atoms with Gasteiger partial charge in [-0.05, 0) is 54.1 Å². The largest absolute Gasteiger partial charge is 0.496 e. The van der Waals surface area contributed by atoms with E-state index in [1.165, 1.54) is 6.07 Å². The number of ether oxygens (including phenoxy) is 2. The van der Waals surface area contributed by atoms with E-state index in [-0.39, 0.29) is 40.6 Å². The Morgan fingerprint density at radius 1 is 1.41 bits per heavy atom. The van der Waals surface area contributed by atoms with Gasteiger partial charge in [0.05, 0.1) is 18.8 Å². The predicted octanol–water partition coefficient (Wildman–Crippen LogP) is 4.24. The second-order valence-electron chi connectivity index (χ2n) is 9.05. The number of fused-ring (bicyclic) bond motifs is 1. The lowest BCUT2D eigenvalue weighted by Crippen LogP contribution is -2.58. The van der Waals surface area contributed by atoms with E-state index in [0.29, 0.717) is 30.3 Å². The van der Waals surface area contributed by atoms with Gasteiger partial charge >= 0.3 is 0 Å². The summed E-state index contributed by atoms with van der Waals surface area (Å²) in [6.45, 7) is 7.02. The number of methoxy groups -OCH3 is 1. The lowest BCUT2D eigenvalue weighted by molar-refractivity contribution is -0.137. The topological polar surface area (TPSA) is 47.6 Å². The monoisotopic (exact) mass is 375 g/mol. The van der Waals surface area contributed by atoms with E-state index in [0.717, 1.165) is 19.3 Å². The lowest BCUT2D eigenvalue weighted by atomic mass is 9.58. The van der Waals surface area contributed by atoms with E-state index in [1.54, 1.807) is 19.2 Å². The third kappa shape index (κ3) is 2.61. The third-order valence-electron chi connectivity index (χ3n) is 7.65. The van der Waals surface area contributed by atoms with E-state index in [9.17, 15) is 9.18 Å². The normalized spacial score (nSPS) is 36.3. The number of benzene rings is 1. The summed E-state index contributed by atoms with van der Waals surface area (Å²) < 4.78 is 26.4. The Kier molecular flexibility index (Phi) is 4.49. The van der Waals surface area contributed by atoms with Crippen LogP contribution in [0.1, 0.15) is 58.1 Å². The molecule has 1 N–H and O–H groups in total. The minimum absolute atomic E-state index is 0.0325. The fourth-order valence-electron chi connectivity index (χ4n) is 6.31. The molecule has 3 fully saturated rings. The first-order chi connectivity index (χ1) is 12.8. The molecular weight excluding hydrogens is 345 g/mol. The number of nitrogens with one attached hydrogen (secondary N) is 1. The van der Waals surface area contributed by atoms with Gasteiger partial charge in [-0.3, -0.25) is 4.79 Å². The van der Waals surface area contributed by atoms with Crippen molar-refractivity contribution in [2.24, 2.45) is 22.7 Å². The summed E-state index contributed by atoms with van der Waals surface area (Å²) in [6.07, 6.45) is 3.17. The van der Waals surface area contributed by atoms with Crippen molar-refractivity contribution in [3.05, 3.63) is 29.6 Å². The van der Waals surface area contributed by atoms with E-state index in [2.05, 4.69) is 19.2 Å². The van der Waals surface area contributed by atoms with Crippen molar-refractivity contribution in [2.45, 2.75) is 58.6 Å². The van der Waals surface area contributed by atoms with Crippen molar-refractivity contribution in [3.63, 3.8) is 0 Å². The molecule has 2 aliphatic carbocycles. The first kappa shape index (κ1) is 18.7. The fourth-order valence-corrected chi connectivity index (χ4v) is 6.31. The van der Waals surface area contributed by atoms with Crippen molar-refractivity contribution < 1.29 is 18.7 Å². The molecule has 2 bridgehead atoms. The molecule has 0 radical (unpaired) electrons. The molecule has 5 heteroatoms. The van der Waals surface area contributed by atoms with Crippen molar-refractivity contribution in [3.8, 4) is 5.75 Å². The number of hydrogen-bond acceptors (Lipinski definition) is 3. The van der Waals surface area contributed by atoms with Crippen molar-refractivity contribution in [1.82, 2.24) is 5.32 Å². The van der Waals surface area contributed by atoms with Crippen LogP contribution < -0.4 is 10.1 Å². The second kappa shape index (κ2) is 6.47. The van der Waals surface area contributed by atoms with Crippen LogP contribution in [0.25, 0.3) is 0 Å². The number of rotatable bonds is 4. The molecule has 0 aromatic heterocycles. The number of carbonyl (C=O) groups is 1. The summed E-state index contributed by atoms with van der Waals surface area (Å²) in [6, 6.07) is 5.06. The van der Waals surface area contributed by atoms with E-state index in [1.807, 2.05) is 6.92 Å². The van der Waals surface area contributed by atoms with Crippen LogP contribution in [-0.2, 0) is 9.53 Å². The van der Waals surface area contributed by atoms with Crippen molar-refractivity contribution in [2.75, 3.05) is 13.7 Å². The van der Waals surface area contributed by atoms with Gasteiger partial charge in [0.2, 0.25) is 5.91 Å². The molecule has 1 aromatic carbocycles. The van der Waals surface area contributed by atoms with E-state index >= 15 is 0 Å². The molecule has 27 heavy (non-hydrogen) atoms. The van der Waals surface area contributed by atoms with Crippen molar-refractivity contribution in [1.29, 1.82) is 0 Å². The summed E-state index contributed by atoms with van der Waals surface area (Å²) >= 11 is 0. The van der Waals surface area contributed by atoms with Gasteiger partial charge in [-0.1, -0.05) is 26.8 Å². The minimum Gasteiger partial charge on any atom is -0.496 e. The zero-order valence-corrected chi connectivity index (χ0v) is 16.7. The van der Waals surface area contributed by atoms with E-state index in [4.69, 9.17) is 9.47 Å². The fraction of sp³-hybridized carbons (Fsp3) is 0.682. The smallest absolute Gasteiger partial charge is 0.219 e. The number of halogens is 1. The molecule has 1 spiro atoms. The van der Waals surface area contributed by atoms with E-state index < -0.39 is 0 Å². The van der Waals surface area contributed by atoms with Crippen LogP contribution in [0.5, 0.6) is 5.75 Å². The second-order valence-corrected chi connectivity index (χ2v) is 9.05. The average molecular weight is 375 g/mol. The van der Waals surface area contributed by atoms with Gasteiger partial charge in [0.1, 0.15) is 11.6 Å². The van der Waals surface area contributed by atoms with Crippen LogP contribution in [0.2, 0.25) is 0 Å². The molecule has 4 nitrogen and oxygen atoms in total. The lowest BCUT2D eigenvalue weighted by Gasteiger charge is -2.53. The molecule has 0 unspecified atom stereocenters. The number of carbonyl (C=O) groups excluding carboxylic acids is 1. The quantitative estimate of drug-likeness (QED) is 0.856. The molecule has 3 aliphatic rings. The first-order valence-electron chi connectivity index (χ1n) is 10.1. The van der Waals surface area contributed by atoms with Gasteiger partial charge in [-0.2, -0.15) is 0 Å². The predicted molar refractivity (Wildman–Crippen MR) is 101 cm³/mol. The highest BCUT2D eigenvalue weighted by Crippen LogP contribution is 2.70. The molecule has 1 amide bonds. The summed E-state index contributed by atoms with van der Waals surface area (Å²) in [5, 5.41) is 3.34. The zero-order chi connectivity index (χ0) is 19.4. The number of amides is 1. The Labute approximate surface area is 160 Å². The minimum atomic E-state index is -0.322. The van der Waals surface area contributed by atoms with Crippen LogP contribution in [0, 0.1) is 28.5 Å². The van der Waals surface area contributed by atoms with Gasteiger partial charge < -0.3 is 14.8 Å². The Morgan fingerprint density at radius 2 is 2.19 bits per heavy atom. The average Bonchev–Trinajstić information content (AvgIpc) is 3.14. The first-order valence-corrected chi connectivity index (χ1v) is 10.1. The summed E-state index contributed by atoms with van der Waals surface area (Å²) in [4.78, 5) is 12.3. The molecular formula is C22H30FNO3. The molecule has 148 valence electrons. The maximum absolute atomic E-state index is 14.8. The van der Waals surface area contributed by atoms with Gasteiger partial charge in [0.15, 0.2) is 0 Å². The highest BCUT2D eigenvalue weighted by atomic mass is 19.1. The Balaban J connectivity index is 1.75. The van der Waals surface area contributed by atoms with Crippen LogP contribution in [-0.4, -0.2) is 25.7 Å². The maximum atomic E-state index is 14.8. The molecule has 1 aliphatic heterocycles. The Hall–Kier alpha value is -1.62. The van der Waals surface area contributed by atoms with Crippen LogP contribution in [0.15, 0.2) is 18.2 Å². The van der Waals surface area contributed by atoms with Crippen LogP contribution in [0.3, 0.4) is 0 Å². The highest BCUT2D eigenvalue weighted by molar-refractivity contribution is 5.76. The van der Waals surface area contributed by atoms with Crippen LogP contribution in [0.4, 0.5) is 4.39 Å². The van der Waals surface area contributed by atoms with Crippen molar-refractivity contribution >= 4 is 5.91 Å². The summed E-state index contributed by atoms with van der Waals surface area (Å²) in [5.74, 6) is 1.07. The standard InChI is InChI=1S/C22H30FNO3/c1-5-17(25)24-20-21(2,3)13-11-14-19(27-10-9-22(14,20)12-13)18-15(23)7-6-8-16(18)26-4/h6-8,13-14,19-20H,5,9-12H2,1-4H3,(H,24,25)/t13-,14-,19+,20-,22-/m1/s1. The number of hydrogen-bond donors (Lipinski definition) is 1. The Bertz CT molecular complexity index is 749. The molecule has 4 rings (SSSR count). The maximum Gasteiger partial charge on any atom is 0.219 e. The molecule has 1 aromatic rings.